The van der Waals surface area contributed by atoms with Gasteiger partial charge in [0.25, 0.3) is 0 Å². The number of aromatic nitrogens is 3. The molecule has 1 N–H and O–H groups in total. The Labute approximate surface area is 141 Å². The van der Waals surface area contributed by atoms with Crippen LogP contribution in [-0.4, -0.2) is 15.2 Å². The van der Waals surface area contributed by atoms with E-state index in [1.807, 2.05) is 6.20 Å². The van der Waals surface area contributed by atoms with Crippen molar-refractivity contribution < 1.29 is 0 Å². The predicted molar refractivity (Wildman–Crippen MR) is 96.6 cm³/mol. The van der Waals surface area contributed by atoms with Gasteiger partial charge in [-0.2, -0.15) is 5.10 Å². The summed E-state index contributed by atoms with van der Waals surface area (Å²) in [7, 11) is 0. The number of halogens is 1. The zero-order valence-electron chi connectivity index (χ0n) is 12.4. The average molecular weight is 364 g/mol. The van der Waals surface area contributed by atoms with E-state index in [2.05, 4.69) is 62.5 Å². The van der Waals surface area contributed by atoms with Crippen molar-refractivity contribution in [1.82, 2.24) is 15.2 Å². The molecule has 2 aromatic carbocycles. The van der Waals surface area contributed by atoms with Crippen molar-refractivity contribution in [2.75, 3.05) is 0 Å². The van der Waals surface area contributed by atoms with E-state index in [1.165, 1.54) is 33.9 Å². The molecule has 4 aromatic rings. The molecular formula is C19H14BrN3. The van der Waals surface area contributed by atoms with Crippen molar-refractivity contribution in [2.24, 2.45) is 0 Å². The Morgan fingerprint density at radius 2 is 1.96 bits per heavy atom. The van der Waals surface area contributed by atoms with Gasteiger partial charge in [0.1, 0.15) is 0 Å². The van der Waals surface area contributed by atoms with E-state index in [4.69, 9.17) is 4.98 Å². The van der Waals surface area contributed by atoms with E-state index < -0.39 is 0 Å². The summed E-state index contributed by atoms with van der Waals surface area (Å²) >= 11 is 3.58. The van der Waals surface area contributed by atoms with Crippen molar-refractivity contribution in [3.8, 4) is 11.3 Å². The zero-order valence-corrected chi connectivity index (χ0v) is 14.0. The normalized spacial score (nSPS) is 13.8. The maximum atomic E-state index is 5.03. The number of benzene rings is 2. The number of aryl methyl sites for hydroxylation is 1. The van der Waals surface area contributed by atoms with Gasteiger partial charge in [-0.25, -0.2) is 4.98 Å². The molecule has 2 aromatic heterocycles. The van der Waals surface area contributed by atoms with E-state index in [0.29, 0.717) is 0 Å². The first-order valence-corrected chi connectivity index (χ1v) is 8.64. The first kappa shape index (κ1) is 13.3. The fourth-order valence-electron chi connectivity index (χ4n) is 3.76. The molecule has 1 aliphatic rings. The van der Waals surface area contributed by atoms with Crippen LogP contribution in [0.5, 0.6) is 0 Å². The fourth-order valence-corrected chi connectivity index (χ4v) is 4.16. The van der Waals surface area contributed by atoms with E-state index >= 15 is 0 Å². The summed E-state index contributed by atoms with van der Waals surface area (Å²) in [6, 6.07) is 12.6. The topological polar surface area (TPSA) is 41.6 Å². The van der Waals surface area contributed by atoms with Gasteiger partial charge in [0, 0.05) is 20.8 Å². The van der Waals surface area contributed by atoms with Crippen molar-refractivity contribution in [3.63, 3.8) is 0 Å². The Kier molecular flexibility index (Phi) is 2.82. The van der Waals surface area contributed by atoms with Crippen LogP contribution < -0.4 is 0 Å². The molecule has 0 bridgehead atoms. The Bertz CT molecular complexity index is 1070. The van der Waals surface area contributed by atoms with Gasteiger partial charge in [-0.15, -0.1) is 0 Å². The van der Waals surface area contributed by atoms with Gasteiger partial charge in [-0.1, -0.05) is 28.1 Å². The molecule has 0 spiro atoms. The molecular weight excluding hydrogens is 350 g/mol. The number of hydrogen-bond donors (Lipinski definition) is 1. The van der Waals surface area contributed by atoms with Crippen molar-refractivity contribution in [1.29, 1.82) is 0 Å². The second kappa shape index (κ2) is 4.90. The summed E-state index contributed by atoms with van der Waals surface area (Å²) in [6.07, 6.45) is 5.36. The lowest BCUT2D eigenvalue weighted by Crippen LogP contribution is -1.96. The lowest BCUT2D eigenvalue weighted by atomic mass is 9.97. The highest BCUT2D eigenvalue weighted by Gasteiger charge is 2.22. The van der Waals surface area contributed by atoms with Gasteiger partial charge in [-0.3, -0.25) is 5.10 Å². The van der Waals surface area contributed by atoms with Gasteiger partial charge in [-0.05, 0) is 54.7 Å². The number of nitrogens with zero attached hydrogens (tertiary/aromatic N) is 2. The predicted octanol–water partition coefficient (Wildman–Crippen LogP) is 5.03. The van der Waals surface area contributed by atoms with Gasteiger partial charge in [0.05, 0.1) is 22.9 Å². The number of aromatic amines is 1. The third kappa shape index (κ3) is 1.94. The highest BCUT2D eigenvalue weighted by atomic mass is 79.9. The van der Waals surface area contributed by atoms with Gasteiger partial charge < -0.3 is 0 Å². The Balaban J connectivity index is 1.90. The van der Waals surface area contributed by atoms with Crippen LogP contribution in [-0.2, 0) is 12.8 Å². The van der Waals surface area contributed by atoms with Gasteiger partial charge in [0.15, 0.2) is 0 Å². The molecule has 23 heavy (non-hydrogen) atoms. The van der Waals surface area contributed by atoms with Crippen LogP contribution in [0, 0.1) is 0 Å². The molecule has 5 rings (SSSR count). The average Bonchev–Trinajstić information content (AvgIpc) is 3.22. The third-order valence-electron chi connectivity index (χ3n) is 4.74. The lowest BCUT2D eigenvalue weighted by Gasteiger charge is -2.12. The van der Waals surface area contributed by atoms with Crippen LogP contribution in [0.15, 0.2) is 47.1 Å². The summed E-state index contributed by atoms with van der Waals surface area (Å²) in [6.45, 7) is 0. The maximum Gasteiger partial charge on any atom is 0.0744 e. The van der Waals surface area contributed by atoms with Gasteiger partial charge in [0.2, 0.25) is 0 Å². The molecule has 112 valence electrons. The monoisotopic (exact) mass is 363 g/mol. The summed E-state index contributed by atoms with van der Waals surface area (Å²) in [5.41, 5.74) is 7.33. The van der Waals surface area contributed by atoms with Crippen LogP contribution in [0.2, 0.25) is 0 Å². The fraction of sp³-hybridized carbons (Fsp3) is 0.158. The Morgan fingerprint density at radius 1 is 1.04 bits per heavy atom. The molecule has 1 aliphatic carbocycles. The quantitative estimate of drug-likeness (QED) is 0.515. The van der Waals surface area contributed by atoms with Crippen molar-refractivity contribution >= 4 is 37.7 Å². The molecule has 0 aliphatic heterocycles. The van der Waals surface area contributed by atoms with Crippen molar-refractivity contribution in [2.45, 2.75) is 19.3 Å². The van der Waals surface area contributed by atoms with Gasteiger partial charge >= 0.3 is 0 Å². The molecule has 0 radical (unpaired) electrons. The molecule has 4 heteroatoms. The molecule has 0 unspecified atom stereocenters. The third-order valence-corrected chi connectivity index (χ3v) is 5.23. The van der Waals surface area contributed by atoms with Crippen LogP contribution >= 0.6 is 15.9 Å². The molecule has 0 fully saturated rings. The Morgan fingerprint density at radius 3 is 2.87 bits per heavy atom. The lowest BCUT2D eigenvalue weighted by molar-refractivity contribution is 0.913. The van der Waals surface area contributed by atoms with E-state index in [1.54, 1.807) is 0 Å². The minimum atomic E-state index is 1.06. The standard InChI is InChI=1S/C19H14BrN3/c20-12-4-1-3-11(9-12)19-14-6-2-5-13(14)18-15-10-21-23-16(15)7-8-17(18)22-19/h1,3-4,7-10H,2,5-6H2,(H,21,23). The molecule has 2 heterocycles. The number of rotatable bonds is 1. The minimum absolute atomic E-state index is 1.06. The second-order valence-electron chi connectivity index (χ2n) is 6.07. The summed E-state index contributed by atoms with van der Waals surface area (Å²) < 4.78 is 1.09. The minimum Gasteiger partial charge on any atom is -0.278 e. The Hall–Kier alpha value is -2.20. The molecule has 3 nitrogen and oxygen atoms in total. The van der Waals surface area contributed by atoms with Crippen LogP contribution in [0.4, 0.5) is 0 Å². The highest BCUT2D eigenvalue weighted by molar-refractivity contribution is 9.10. The molecule has 0 saturated heterocycles. The SMILES string of the molecule is Brc1cccc(-c2nc3ccc4[nH]ncc4c3c3c2CCC3)c1. The van der Waals surface area contributed by atoms with E-state index in [-0.39, 0.29) is 0 Å². The van der Waals surface area contributed by atoms with E-state index in [9.17, 15) is 0 Å². The maximum absolute atomic E-state index is 5.03. The highest BCUT2D eigenvalue weighted by Crippen LogP contribution is 2.38. The van der Waals surface area contributed by atoms with Crippen LogP contribution in [0.3, 0.4) is 0 Å². The number of H-pyrrole nitrogens is 1. The summed E-state index contributed by atoms with van der Waals surface area (Å²) in [5, 5.41) is 9.75. The summed E-state index contributed by atoms with van der Waals surface area (Å²) in [5.74, 6) is 0. The number of pyridine rings is 1. The van der Waals surface area contributed by atoms with Crippen LogP contribution in [0.1, 0.15) is 17.5 Å². The largest absolute Gasteiger partial charge is 0.278 e. The molecule has 0 saturated carbocycles. The van der Waals surface area contributed by atoms with E-state index in [0.717, 1.165) is 34.0 Å². The number of hydrogen-bond acceptors (Lipinski definition) is 2. The number of fused-ring (bicyclic) bond motifs is 5. The second-order valence-corrected chi connectivity index (χ2v) is 6.99. The zero-order chi connectivity index (χ0) is 15.4. The van der Waals surface area contributed by atoms with Crippen LogP contribution in [0.25, 0.3) is 33.1 Å². The summed E-state index contributed by atoms with van der Waals surface area (Å²) in [4.78, 5) is 5.03. The molecule has 0 amide bonds. The first-order valence-electron chi connectivity index (χ1n) is 7.85. The smallest absolute Gasteiger partial charge is 0.0744 e. The first-order chi connectivity index (χ1) is 11.3. The number of nitrogens with one attached hydrogen (secondary N) is 1. The molecule has 0 atom stereocenters. The van der Waals surface area contributed by atoms with Crippen molar-refractivity contribution in [3.05, 3.63) is 58.2 Å².